The molecule has 0 aromatic carbocycles. The Hall–Kier alpha value is -1.27. The summed E-state index contributed by atoms with van der Waals surface area (Å²) in [6.45, 7) is 2.18. The Kier molecular flexibility index (Phi) is 14.2. The zero-order chi connectivity index (χ0) is 15.8. The lowest BCUT2D eigenvalue weighted by atomic mass is 10.1. The molecule has 0 aliphatic heterocycles. The van der Waals surface area contributed by atoms with Crippen LogP contribution in [0.5, 0.6) is 0 Å². The van der Waals surface area contributed by atoms with Crippen molar-refractivity contribution in [3.8, 4) is 11.8 Å². The zero-order valence-corrected chi connectivity index (χ0v) is 13.3. The third-order valence-corrected chi connectivity index (χ3v) is 3.30. The molecule has 0 rings (SSSR count). The molecule has 0 saturated heterocycles. The molecule has 1 atom stereocenters. The normalized spacial score (nSPS) is 12.1. The second-order valence-corrected chi connectivity index (χ2v) is 5.40. The minimum Gasteiger partial charge on any atom is -0.481 e. The van der Waals surface area contributed by atoms with Crippen molar-refractivity contribution in [2.45, 2.75) is 83.7 Å². The molecule has 0 aromatic rings. The highest BCUT2D eigenvalue weighted by atomic mass is 16.4. The maximum atomic E-state index is 10.3. The SMILES string of the molecule is CCCCCC#CC=CC(O)CCCCCCCC(=O)O. The van der Waals surface area contributed by atoms with Crippen LogP contribution in [0.1, 0.15) is 77.6 Å². The Morgan fingerprint density at radius 2 is 1.81 bits per heavy atom. The summed E-state index contributed by atoms with van der Waals surface area (Å²) in [4.78, 5) is 10.3. The van der Waals surface area contributed by atoms with Crippen LogP contribution in [0.2, 0.25) is 0 Å². The van der Waals surface area contributed by atoms with Crippen LogP contribution < -0.4 is 0 Å². The molecule has 120 valence electrons. The predicted octanol–water partition coefficient (Wildman–Crippen LogP) is 4.30. The van der Waals surface area contributed by atoms with Crippen LogP contribution in [0, 0.1) is 11.8 Å². The van der Waals surface area contributed by atoms with E-state index in [0.717, 1.165) is 51.4 Å². The standard InChI is InChI=1S/C18H30O3/c1-2-3-4-5-6-8-11-14-17(19)15-12-9-7-10-13-16-18(20)21/h11,14,17,19H,2-5,7,9-10,12-13,15-16H2,1H3,(H,20,21). The first-order chi connectivity index (χ1) is 10.2. The second kappa shape index (κ2) is 15.1. The van der Waals surface area contributed by atoms with Crippen molar-refractivity contribution in [1.82, 2.24) is 0 Å². The van der Waals surface area contributed by atoms with Crippen LogP contribution in [0.3, 0.4) is 0 Å². The maximum absolute atomic E-state index is 10.3. The fourth-order valence-corrected chi connectivity index (χ4v) is 2.01. The molecule has 0 bridgehead atoms. The number of aliphatic hydroxyl groups excluding tert-OH is 1. The molecule has 21 heavy (non-hydrogen) atoms. The summed E-state index contributed by atoms with van der Waals surface area (Å²) in [6.07, 6.45) is 13.4. The van der Waals surface area contributed by atoms with Gasteiger partial charge < -0.3 is 10.2 Å². The van der Waals surface area contributed by atoms with E-state index in [4.69, 9.17) is 5.11 Å². The van der Waals surface area contributed by atoms with Gasteiger partial charge in [-0.05, 0) is 31.4 Å². The van der Waals surface area contributed by atoms with Crippen molar-refractivity contribution in [2.24, 2.45) is 0 Å². The Balaban J connectivity index is 3.44. The molecule has 0 fully saturated rings. The number of aliphatic hydroxyl groups is 1. The van der Waals surface area contributed by atoms with Crippen molar-refractivity contribution >= 4 is 5.97 Å². The monoisotopic (exact) mass is 294 g/mol. The lowest BCUT2D eigenvalue weighted by molar-refractivity contribution is -0.137. The number of aliphatic carboxylic acids is 1. The summed E-state index contributed by atoms with van der Waals surface area (Å²) in [5, 5.41) is 18.2. The summed E-state index contributed by atoms with van der Waals surface area (Å²) in [6, 6.07) is 0. The number of carboxylic acid groups (broad SMARTS) is 1. The Bertz CT molecular complexity index is 336. The van der Waals surface area contributed by atoms with Crippen molar-refractivity contribution in [3.63, 3.8) is 0 Å². The van der Waals surface area contributed by atoms with E-state index >= 15 is 0 Å². The summed E-state index contributed by atoms with van der Waals surface area (Å²) >= 11 is 0. The molecule has 0 saturated carbocycles. The third kappa shape index (κ3) is 16.7. The minimum absolute atomic E-state index is 0.266. The summed E-state index contributed by atoms with van der Waals surface area (Å²) < 4.78 is 0. The van der Waals surface area contributed by atoms with Crippen LogP contribution >= 0.6 is 0 Å². The molecule has 0 aromatic heterocycles. The first-order valence-corrected chi connectivity index (χ1v) is 8.21. The molecular weight excluding hydrogens is 264 g/mol. The van der Waals surface area contributed by atoms with E-state index in [1.807, 2.05) is 0 Å². The average Bonchev–Trinajstić information content (AvgIpc) is 2.45. The Morgan fingerprint density at radius 3 is 2.52 bits per heavy atom. The molecular formula is C18H30O3. The van der Waals surface area contributed by atoms with Gasteiger partial charge in [-0.2, -0.15) is 0 Å². The number of allylic oxidation sites excluding steroid dienone is 1. The molecule has 0 aliphatic carbocycles. The quantitative estimate of drug-likeness (QED) is 0.417. The minimum atomic E-state index is -0.716. The zero-order valence-electron chi connectivity index (χ0n) is 13.3. The number of carboxylic acids is 1. The molecule has 0 spiro atoms. The van der Waals surface area contributed by atoms with E-state index in [1.54, 1.807) is 12.2 Å². The summed E-state index contributed by atoms with van der Waals surface area (Å²) in [5.41, 5.74) is 0. The molecule has 3 heteroatoms. The van der Waals surface area contributed by atoms with Crippen LogP contribution in [0.15, 0.2) is 12.2 Å². The maximum Gasteiger partial charge on any atom is 0.303 e. The van der Waals surface area contributed by atoms with Crippen LogP contribution in [-0.2, 0) is 4.79 Å². The molecule has 1 unspecified atom stereocenters. The highest BCUT2D eigenvalue weighted by Crippen LogP contribution is 2.09. The van der Waals surface area contributed by atoms with E-state index in [1.165, 1.54) is 12.8 Å². The van der Waals surface area contributed by atoms with E-state index < -0.39 is 12.1 Å². The van der Waals surface area contributed by atoms with Gasteiger partial charge in [0.1, 0.15) is 0 Å². The van der Waals surface area contributed by atoms with Gasteiger partial charge in [-0.15, -0.1) is 0 Å². The molecule has 0 amide bonds. The first-order valence-electron chi connectivity index (χ1n) is 8.21. The third-order valence-electron chi connectivity index (χ3n) is 3.30. The number of carbonyl (C=O) groups is 1. The summed E-state index contributed by atoms with van der Waals surface area (Å²) in [7, 11) is 0. The Labute approximate surface area is 129 Å². The van der Waals surface area contributed by atoms with Gasteiger partial charge in [0.2, 0.25) is 0 Å². The van der Waals surface area contributed by atoms with Gasteiger partial charge in [-0.25, -0.2) is 0 Å². The van der Waals surface area contributed by atoms with Crippen LogP contribution in [-0.4, -0.2) is 22.3 Å². The van der Waals surface area contributed by atoms with Gasteiger partial charge >= 0.3 is 5.97 Å². The van der Waals surface area contributed by atoms with Crippen molar-refractivity contribution < 1.29 is 15.0 Å². The number of hydrogen-bond donors (Lipinski definition) is 2. The average molecular weight is 294 g/mol. The van der Waals surface area contributed by atoms with Crippen molar-refractivity contribution in [2.75, 3.05) is 0 Å². The highest BCUT2D eigenvalue weighted by Gasteiger charge is 1.99. The largest absolute Gasteiger partial charge is 0.481 e. The van der Waals surface area contributed by atoms with E-state index in [0.29, 0.717) is 0 Å². The predicted molar refractivity (Wildman–Crippen MR) is 87.0 cm³/mol. The van der Waals surface area contributed by atoms with E-state index in [2.05, 4.69) is 18.8 Å². The first kappa shape index (κ1) is 19.7. The van der Waals surface area contributed by atoms with Crippen molar-refractivity contribution in [3.05, 3.63) is 12.2 Å². The smallest absolute Gasteiger partial charge is 0.303 e. The molecule has 3 nitrogen and oxygen atoms in total. The van der Waals surface area contributed by atoms with E-state index in [9.17, 15) is 9.90 Å². The van der Waals surface area contributed by atoms with Gasteiger partial charge in [-0.3, -0.25) is 4.79 Å². The molecule has 0 heterocycles. The van der Waals surface area contributed by atoms with Crippen LogP contribution in [0.4, 0.5) is 0 Å². The van der Waals surface area contributed by atoms with Crippen LogP contribution in [0.25, 0.3) is 0 Å². The molecule has 0 aliphatic rings. The highest BCUT2D eigenvalue weighted by molar-refractivity contribution is 5.66. The lowest BCUT2D eigenvalue weighted by Crippen LogP contribution is -2.01. The fraction of sp³-hybridized carbons (Fsp3) is 0.722. The second-order valence-electron chi connectivity index (χ2n) is 5.40. The number of unbranched alkanes of at least 4 members (excludes halogenated alkanes) is 7. The summed E-state index contributed by atoms with van der Waals surface area (Å²) in [5.74, 6) is 5.32. The fourth-order valence-electron chi connectivity index (χ4n) is 2.01. The Morgan fingerprint density at radius 1 is 1.10 bits per heavy atom. The topological polar surface area (TPSA) is 57.5 Å². The van der Waals surface area contributed by atoms with Gasteiger partial charge in [0.05, 0.1) is 6.10 Å². The van der Waals surface area contributed by atoms with Gasteiger partial charge in [0.25, 0.3) is 0 Å². The van der Waals surface area contributed by atoms with E-state index in [-0.39, 0.29) is 6.42 Å². The van der Waals surface area contributed by atoms with Crippen molar-refractivity contribution in [1.29, 1.82) is 0 Å². The number of hydrogen-bond acceptors (Lipinski definition) is 2. The number of rotatable bonds is 12. The van der Waals surface area contributed by atoms with Gasteiger partial charge in [-0.1, -0.05) is 57.3 Å². The van der Waals surface area contributed by atoms with Gasteiger partial charge in [0, 0.05) is 12.8 Å². The van der Waals surface area contributed by atoms with Gasteiger partial charge in [0.15, 0.2) is 0 Å². The lowest BCUT2D eigenvalue weighted by Gasteiger charge is -2.04. The molecule has 2 N–H and O–H groups in total. The molecule has 0 radical (unpaired) electrons.